The number of nitrogens with one attached hydrogen (secondary N) is 2. The number of hydrogen-bond acceptors (Lipinski definition) is 4. The Morgan fingerprint density at radius 3 is 1.20 bits per heavy atom. The van der Waals surface area contributed by atoms with Crippen molar-refractivity contribution in [3.8, 4) is 0 Å². The van der Waals surface area contributed by atoms with E-state index in [1.54, 1.807) is 0 Å². The first-order chi connectivity index (χ1) is 21.2. The third-order valence-corrected chi connectivity index (χ3v) is 9.95. The molecule has 0 atom stereocenters. The molecule has 2 rings (SSSR count). The van der Waals surface area contributed by atoms with Crippen LogP contribution in [0.3, 0.4) is 0 Å². The number of rotatable bonds is 8. The number of carbonyl (C=O) groups is 2. The van der Waals surface area contributed by atoms with Crippen LogP contribution in [-0.4, -0.2) is 41.9 Å². The lowest BCUT2D eigenvalue weighted by Crippen LogP contribution is -2.49. The first-order valence-corrected chi connectivity index (χ1v) is 19.1. The van der Waals surface area contributed by atoms with Gasteiger partial charge in [-0.1, -0.05) is 141 Å². The van der Waals surface area contributed by atoms with Crippen molar-refractivity contribution in [1.82, 2.24) is 10.6 Å². The molecule has 2 fully saturated rings. The van der Waals surface area contributed by atoms with Crippen LogP contribution in [0.15, 0.2) is 0 Å². The van der Waals surface area contributed by atoms with E-state index in [2.05, 4.69) is 10.6 Å². The summed E-state index contributed by atoms with van der Waals surface area (Å²) in [5.74, 6) is -0.0360. The molecule has 0 spiro atoms. The van der Waals surface area contributed by atoms with Crippen molar-refractivity contribution < 1.29 is 19.1 Å². The van der Waals surface area contributed by atoms with Gasteiger partial charge in [0.15, 0.2) is 0 Å². The molecular formula is C38H72N2O4. The predicted octanol–water partition coefficient (Wildman–Crippen LogP) is 10.7. The van der Waals surface area contributed by atoms with E-state index in [1.807, 2.05) is 27.7 Å². The van der Waals surface area contributed by atoms with Gasteiger partial charge >= 0.3 is 6.09 Å². The Hall–Kier alpha value is -1.30. The predicted molar refractivity (Wildman–Crippen MR) is 184 cm³/mol. The summed E-state index contributed by atoms with van der Waals surface area (Å²) in [6.45, 7) is 7.94. The van der Waals surface area contributed by atoms with Crippen LogP contribution < -0.4 is 10.6 Å². The summed E-state index contributed by atoms with van der Waals surface area (Å²) < 4.78 is 12.0. The van der Waals surface area contributed by atoms with Crippen molar-refractivity contribution in [3.05, 3.63) is 0 Å². The summed E-state index contributed by atoms with van der Waals surface area (Å²) in [6.07, 6.45) is 33.0. The van der Waals surface area contributed by atoms with Gasteiger partial charge in [0.25, 0.3) is 5.91 Å². The molecule has 0 heterocycles. The molecule has 2 saturated carbocycles. The number of carbonyl (C=O) groups excluding carboxylic acids is 2. The van der Waals surface area contributed by atoms with Crippen molar-refractivity contribution in [1.29, 1.82) is 0 Å². The Kier molecular flexibility index (Phi) is 20.4. The van der Waals surface area contributed by atoms with Gasteiger partial charge in [0.05, 0.1) is 6.61 Å². The lowest BCUT2D eigenvalue weighted by atomic mass is 9.97. The van der Waals surface area contributed by atoms with Gasteiger partial charge < -0.3 is 20.1 Å². The molecule has 258 valence electrons. The van der Waals surface area contributed by atoms with Gasteiger partial charge in [-0.3, -0.25) is 4.79 Å². The quantitative estimate of drug-likeness (QED) is 0.283. The molecule has 0 radical (unpaired) electrons. The third kappa shape index (κ3) is 19.3. The Balaban J connectivity index is 1.76. The van der Waals surface area contributed by atoms with E-state index < -0.39 is 11.2 Å². The first kappa shape index (κ1) is 38.9. The van der Waals surface area contributed by atoms with Crippen molar-refractivity contribution in [3.63, 3.8) is 0 Å². The first-order valence-electron chi connectivity index (χ1n) is 19.1. The van der Waals surface area contributed by atoms with Crippen molar-refractivity contribution in [2.75, 3.05) is 6.61 Å². The molecule has 2 amide bonds. The molecule has 6 nitrogen and oxygen atoms in total. The number of ether oxygens (including phenoxy) is 2. The molecule has 2 aliphatic carbocycles. The minimum absolute atomic E-state index is 0.0360. The SMILES string of the molecule is CC(C)(CCOC(C)(C)C(=O)NC1CCCCCCCCCCC1)OC(=O)NC1CCCCCCCCCCCCCCC1. The van der Waals surface area contributed by atoms with Gasteiger partial charge in [0, 0.05) is 18.5 Å². The maximum atomic E-state index is 13.2. The van der Waals surface area contributed by atoms with Crippen LogP contribution in [-0.2, 0) is 14.3 Å². The van der Waals surface area contributed by atoms with Gasteiger partial charge in [-0.2, -0.15) is 0 Å². The van der Waals surface area contributed by atoms with Crippen molar-refractivity contribution >= 4 is 12.0 Å². The summed E-state index contributed by atoms with van der Waals surface area (Å²) in [7, 11) is 0. The number of amides is 2. The van der Waals surface area contributed by atoms with Crippen LogP contribution in [0.25, 0.3) is 0 Å². The fourth-order valence-electron chi connectivity index (χ4n) is 6.80. The van der Waals surface area contributed by atoms with E-state index in [0.29, 0.717) is 13.0 Å². The molecular weight excluding hydrogens is 548 g/mol. The molecule has 0 aromatic carbocycles. The lowest BCUT2D eigenvalue weighted by molar-refractivity contribution is -0.145. The summed E-state index contributed by atoms with van der Waals surface area (Å²) in [5.41, 5.74) is -1.60. The van der Waals surface area contributed by atoms with E-state index in [4.69, 9.17) is 9.47 Å². The van der Waals surface area contributed by atoms with E-state index in [-0.39, 0.29) is 24.1 Å². The van der Waals surface area contributed by atoms with Gasteiger partial charge in [-0.15, -0.1) is 0 Å². The minimum Gasteiger partial charge on any atom is -0.443 e. The summed E-state index contributed by atoms with van der Waals surface area (Å²) >= 11 is 0. The van der Waals surface area contributed by atoms with Gasteiger partial charge in [0.2, 0.25) is 0 Å². The molecule has 6 heteroatoms. The standard InChI is InChI=1S/C38H72N2O4/c1-37(2,44-36(42)40-34-29-25-21-17-11-8-6-5-7-9-12-18-22-26-30-34)31-32-43-38(3,4)35(41)39-33-27-23-19-15-13-10-14-16-20-24-28-33/h33-34H,5-32H2,1-4H3,(H,39,41)(H,40,42). The minimum atomic E-state index is -0.925. The fourth-order valence-corrected chi connectivity index (χ4v) is 6.80. The van der Waals surface area contributed by atoms with Crippen LogP contribution in [0.2, 0.25) is 0 Å². The second-order valence-electron chi connectivity index (χ2n) is 15.2. The van der Waals surface area contributed by atoms with Crippen LogP contribution in [0.5, 0.6) is 0 Å². The molecule has 0 aliphatic heterocycles. The zero-order chi connectivity index (χ0) is 31.9. The maximum Gasteiger partial charge on any atom is 0.407 e. The highest BCUT2D eigenvalue weighted by Crippen LogP contribution is 2.22. The average molecular weight is 621 g/mol. The second kappa shape index (κ2) is 23.1. The van der Waals surface area contributed by atoms with Crippen LogP contribution in [0.1, 0.15) is 201 Å². The van der Waals surface area contributed by atoms with Crippen molar-refractivity contribution in [2.45, 2.75) is 224 Å². The van der Waals surface area contributed by atoms with E-state index >= 15 is 0 Å². The average Bonchev–Trinajstić information content (AvgIpc) is 2.95. The molecule has 44 heavy (non-hydrogen) atoms. The molecule has 0 aromatic rings. The normalized spacial score (nSPS) is 21.4. The van der Waals surface area contributed by atoms with Crippen LogP contribution in [0.4, 0.5) is 4.79 Å². The highest BCUT2D eigenvalue weighted by Gasteiger charge is 2.32. The molecule has 2 N–H and O–H groups in total. The fraction of sp³-hybridized carbons (Fsp3) is 0.947. The monoisotopic (exact) mass is 621 g/mol. The Bertz CT molecular complexity index is 725. The summed E-state index contributed by atoms with van der Waals surface area (Å²) in [5, 5.41) is 6.52. The van der Waals surface area contributed by atoms with Gasteiger partial charge in [0.1, 0.15) is 11.2 Å². The highest BCUT2D eigenvalue weighted by atomic mass is 16.6. The maximum absolute atomic E-state index is 13.2. The third-order valence-electron chi connectivity index (χ3n) is 9.95. The molecule has 0 saturated heterocycles. The Labute approximate surface area is 272 Å². The van der Waals surface area contributed by atoms with Crippen LogP contribution >= 0.6 is 0 Å². The summed E-state index contributed by atoms with van der Waals surface area (Å²) in [4.78, 5) is 26.2. The zero-order valence-electron chi connectivity index (χ0n) is 29.6. The van der Waals surface area contributed by atoms with E-state index in [0.717, 1.165) is 25.7 Å². The van der Waals surface area contributed by atoms with E-state index in [9.17, 15) is 9.59 Å². The molecule has 0 bridgehead atoms. The number of alkyl carbamates (subject to hydrolysis) is 1. The molecule has 2 aliphatic rings. The smallest absolute Gasteiger partial charge is 0.407 e. The van der Waals surface area contributed by atoms with E-state index in [1.165, 1.54) is 141 Å². The topological polar surface area (TPSA) is 76.7 Å². The largest absolute Gasteiger partial charge is 0.443 e. The van der Waals surface area contributed by atoms with Crippen LogP contribution in [0, 0.1) is 0 Å². The van der Waals surface area contributed by atoms with Gasteiger partial charge in [-0.25, -0.2) is 4.79 Å². The Morgan fingerprint density at radius 1 is 0.523 bits per heavy atom. The number of hydrogen-bond donors (Lipinski definition) is 2. The second-order valence-corrected chi connectivity index (χ2v) is 15.2. The molecule has 0 unspecified atom stereocenters. The lowest BCUT2D eigenvalue weighted by Gasteiger charge is -2.31. The highest BCUT2D eigenvalue weighted by molar-refractivity contribution is 5.84. The summed E-state index contributed by atoms with van der Waals surface area (Å²) in [6, 6.07) is 0.410. The Morgan fingerprint density at radius 2 is 0.841 bits per heavy atom. The van der Waals surface area contributed by atoms with Gasteiger partial charge in [-0.05, 0) is 53.4 Å². The zero-order valence-corrected chi connectivity index (χ0v) is 29.6. The van der Waals surface area contributed by atoms with Crippen molar-refractivity contribution in [2.24, 2.45) is 0 Å². The molecule has 0 aromatic heterocycles.